The van der Waals surface area contributed by atoms with E-state index in [0.717, 1.165) is 18.4 Å². The number of urea groups is 1. The highest BCUT2D eigenvalue weighted by atomic mass is 16.5. The van der Waals surface area contributed by atoms with Crippen LogP contribution in [0.3, 0.4) is 0 Å². The third kappa shape index (κ3) is 7.40. The molecule has 190 valence electrons. The summed E-state index contributed by atoms with van der Waals surface area (Å²) in [7, 11) is 4.56. The second-order valence-electron chi connectivity index (χ2n) is 8.24. The highest BCUT2D eigenvalue weighted by Gasteiger charge is 2.18. The second-order valence-corrected chi connectivity index (χ2v) is 8.24. The van der Waals surface area contributed by atoms with Crippen LogP contribution in [0, 0.1) is 0 Å². The van der Waals surface area contributed by atoms with Gasteiger partial charge >= 0.3 is 12.0 Å². The Hall–Kier alpha value is -4.20. The van der Waals surface area contributed by atoms with Crippen LogP contribution in [0.15, 0.2) is 66.7 Å². The maximum absolute atomic E-state index is 13.3. The van der Waals surface area contributed by atoms with Crippen LogP contribution < -0.4 is 19.5 Å². The second kappa shape index (κ2) is 13.0. The Morgan fingerprint density at radius 2 is 1.44 bits per heavy atom. The molecular weight excluding hydrogens is 460 g/mol. The highest BCUT2D eigenvalue weighted by Crippen LogP contribution is 2.40. The van der Waals surface area contributed by atoms with Crippen LogP contribution in [0.5, 0.6) is 17.2 Å². The van der Waals surface area contributed by atoms with Crippen molar-refractivity contribution in [2.24, 2.45) is 0 Å². The number of hydrogen-bond donors (Lipinski definition) is 2. The third-order valence-corrected chi connectivity index (χ3v) is 5.69. The van der Waals surface area contributed by atoms with Crippen LogP contribution in [0.4, 0.5) is 10.5 Å². The summed E-state index contributed by atoms with van der Waals surface area (Å²) in [6.45, 7) is 0.903. The normalized spacial score (nSPS) is 10.4. The molecule has 0 bridgehead atoms. The van der Waals surface area contributed by atoms with Gasteiger partial charge in [0.1, 0.15) is 0 Å². The van der Waals surface area contributed by atoms with Gasteiger partial charge in [0.05, 0.1) is 33.4 Å². The number of methoxy groups -OCH3 is 3. The summed E-state index contributed by atoms with van der Waals surface area (Å²) in [5.41, 5.74) is 3.34. The molecule has 2 N–H and O–H groups in total. The molecule has 2 amide bonds. The molecule has 36 heavy (non-hydrogen) atoms. The summed E-state index contributed by atoms with van der Waals surface area (Å²) < 4.78 is 16.2. The number of carbonyl (C=O) groups excluding carboxylic acids is 1. The standard InChI is InChI=1S/C28H32N2O6/c1-34-24-17-23(18-25(35-2)27(24)36-3)29-28(33)30(15-7-10-20-8-5-4-6-9-20)19-22-13-11-21(12-14-22)16-26(31)32/h4-6,8-9,11-14,17-18H,7,10,15-16,19H2,1-3H3,(H,29,33)(H,31,32). The van der Waals surface area contributed by atoms with E-state index in [1.54, 1.807) is 29.2 Å². The number of hydrogen-bond acceptors (Lipinski definition) is 5. The minimum atomic E-state index is -0.880. The van der Waals surface area contributed by atoms with Crippen LogP contribution in [0.25, 0.3) is 0 Å². The van der Waals surface area contributed by atoms with Gasteiger partial charge in [0.25, 0.3) is 0 Å². The molecule has 0 aromatic heterocycles. The Morgan fingerprint density at radius 3 is 2.00 bits per heavy atom. The number of anilines is 1. The number of nitrogens with one attached hydrogen (secondary N) is 1. The average Bonchev–Trinajstić information content (AvgIpc) is 2.88. The summed E-state index contributed by atoms with van der Waals surface area (Å²) in [4.78, 5) is 26.1. The van der Waals surface area contributed by atoms with Gasteiger partial charge in [0, 0.05) is 25.2 Å². The zero-order valence-corrected chi connectivity index (χ0v) is 20.8. The van der Waals surface area contributed by atoms with E-state index in [1.165, 1.54) is 26.9 Å². The Balaban J connectivity index is 1.77. The molecule has 3 rings (SSSR count). The Bertz CT molecular complexity index is 1120. The van der Waals surface area contributed by atoms with Crippen molar-refractivity contribution in [1.29, 1.82) is 0 Å². The lowest BCUT2D eigenvalue weighted by molar-refractivity contribution is -0.136. The summed E-state index contributed by atoms with van der Waals surface area (Å²) in [6, 6.07) is 20.5. The first-order chi connectivity index (χ1) is 17.4. The fourth-order valence-corrected chi connectivity index (χ4v) is 3.88. The van der Waals surface area contributed by atoms with Crippen molar-refractivity contribution in [1.82, 2.24) is 4.90 Å². The number of ether oxygens (including phenoxy) is 3. The predicted molar refractivity (Wildman–Crippen MR) is 138 cm³/mol. The zero-order chi connectivity index (χ0) is 25.9. The molecule has 0 atom stereocenters. The predicted octanol–water partition coefficient (Wildman–Crippen LogP) is 5.01. The number of aryl methyl sites for hydroxylation is 1. The summed E-state index contributed by atoms with van der Waals surface area (Å²) in [5.74, 6) is 0.447. The van der Waals surface area contributed by atoms with E-state index in [0.29, 0.717) is 41.6 Å². The Kier molecular flexibility index (Phi) is 9.56. The van der Waals surface area contributed by atoms with Crippen molar-refractivity contribution in [3.8, 4) is 17.2 Å². The van der Waals surface area contributed by atoms with Gasteiger partial charge in [-0.1, -0.05) is 54.6 Å². The third-order valence-electron chi connectivity index (χ3n) is 5.69. The van der Waals surface area contributed by atoms with Crippen LogP contribution in [-0.4, -0.2) is 49.9 Å². The Labute approximate surface area is 211 Å². The van der Waals surface area contributed by atoms with E-state index in [2.05, 4.69) is 17.4 Å². The smallest absolute Gasteiger partial charge is 0.322 e. The number of aliphatic carboxylic acids is 1. The van der Waals surface area contributed by atoms with Gasteiger partial charge in [-0.15, -0.1) is 0 Å². The topological polar surface area (TPSA) is 97.3 Å². The molecule has 0 heterocycles. The quantitative estimate of drug-likeness (QED) is 0.369. The zero-order valence-electron chi connectivity index (χ0n) is 20.8. The van der Waals surface area contributed by atoms with Crippen LogP contribution in [0.2, 0.25) is 0 Å². The number of nitrogens with zero attached hydrogens (tertiary/aromatic N) is 1. The van der Waals surface area contributed by atoms with E-state index in [-0.39, 0.29) is 12.5 Å². The van der Waals surface area contributed by atoms with Gasteiger partial charge in [0.15, 0.2) is 11.5 Å². The first-order valence-corrected chi connectivity index (χ1v) is 11.6. The molecule has 3 aromatic carbocycles. The first kappa shape index (κ1) is 26.4. The number of carboxylic acid groups (broad SMARTS) is 1. The molecule has 0 aliphatic carbocycles. The van der Waals surface area contributed by atoms with Crippen molar-refractivity contribution in [3.63, 3.8) is 0 Å². The maximum atomic E-state index is 13.3. The lowest BCUT2D eigenvalue weighted by atomic mass is 10.1. The largest absolute Gasteiger partial charge is 0.493 e. The SMILES string of the molecule is COc1cc(NC(=O)N(CCCc2ccccc2)Cc2ccc(CC(=O)O)cc2)cc(OC)c1OC. The lowest BCUT2D eigenvalue weighted by Crippen LogP contribution is -2.35. The molecule has 3 aromatic rings. The Morgan fingerprint density at radius 1 is 0.833 bits per heavy atom. The van der Waals surface area contributed by atoms with Gasteiger partial charge in [0.2, 0.25) is 5.75 Å². The number of carbonyl (C=O) groups is 2. The van der Waals surface area contributed by atoms with E-state index < -0.39 is 5.97 Å². The van der Waals surface area contributed by atoms with E-state index in [9.17, 15) is 9.59 Å². The number of rotatable bonds is 12. The van der Waals surface area contributed by atoms with Crippen molar-refractivity contribution >= 4 is 17.7 Å². The molecule has 0 saturated heterocycles. The molecule has 0 radical (unpaired) electrons. The fourth-order valence-electron chi connectivity index (χ4n) is 3.88. The van der Waals surface area contributed by atoms with E-state index in [1.807, 2.05) is 30.3 Å². The van der Waals surface area contributed by atoms with Gasteiger partial charge < -0.3 is 29.5 Å². The molecule has 0 fully saturated rings. The highest BCUT2D eigenvalue weighted by molar-refractivity contribution is 5.90. The summed E-state index contributed by atoms with van der Waals surface area (Å²) in [6.07, 6.45) is 1.58. The first-order valence-electron chi connectivity index (χ1n) is 11.6. The molecule has 0 unspecified atom stereocenters. The number of amides is 2. The number of benzene rings is 3. The monoisotopic (exact) mass is 492 g/mol. The van der Waals surface area contributed by atoms with Crippen molar-refractivity contribution in [3.05, 3.63) is 83.4 Å². The minimum Gasteiger partial charge on any atom is -0.493 e. The van der Waals surface area contributed by atoms with E-state index >= 15 is 0 Å². The molecule has 0 saturated carbocycles. The van der Waals surface area contributed by atoms with Gasteiger partial charge in [-0.05, 0) is 29.5 Å². The molecular formula is C28H32N2O6. The average molecular weight is 493 g/mol. The maximum Gasteiger partial charge on any atom is 0.322 e. The van der Waals surface area contributed by atoms with E-state index in [4.69, 9.17) is 19.3 Å². The van der Waals surface area contributed by atoms with Gasteiger partial charge in [-0.3, -0.25) is 4.79 Å². The van der Waals surface area contributed by atoms with Crippen LogP contribution >= 0.6 is 0 Å². The minimum absolute atomic E-state index is 0.0390. The summed E-state index contributed by atoms with van der Waals surface area (Å²) in [5, 5.41) is 11.9. The van der Waals surface area contributed by atoms with Crippen LogP contribution in [0.1, 0.15) is 23.1 Å². The number of carboxylic acids is 1. The summed E-state index contributed by atoms with van der Waals surface area (Å²) >= 11 is 0. The van der Waals surface area contributed by atoms with Crippen molar-refractivity contribution in [2.45, 2.75) is 25.8 Å². The van der Waals surface area contributed by atoms with Crippen molar-refractivity contribution < 1.29 is 28.9 Å². The molecule has 0 spiro atoms. The fraction of sp³-hybridized carbons (Fsp3) is 0.286. The molecule has 0 aliphatic rings. The molecule has 0 aliphatic heterocycles. The lowest BCUT2D eigenvalue weighted by Gasteiger charge is -2.24. The molecule has 8 nitrogen and oxygen atoms in total. The molecule has 8 heteroatoms. The van der Waals surface area contributed by atoms with Crippen LogP contribution in [-0.2, 0) is 24.2 Å². The van der Waals surface area contributed by atoms with Crippen molar-refractivity contribution in [2.75, 3.05) is 33.2 Å². The van der Waals surface area contributed by atoms with Gasteiger partial charge in [-0.25, -0.2) is 4.79 Å². The van der Waals surface area contributed by atoms with Gasteiger partial charge in [-0.2, -0.15) is 0 Å².